The third kappa shape index (κ3) is 3.14. The number of carbonyl (C=O) groups is 1. The molecule has 0 saturated carbocycles. The number of amides is 1. The number of rotatable bonds is 4. The van der Waals surface area contributed by atoms with E-state index in [2.05, 4.69) is 10.5 Å². The number of hydrogen-bond acceptors (Lipinski definition) is 3. The molecule has 3 rings (SSSR count). The summed E-state index contributed by atoms with van der Waals surface area (Å²) in [5, 5.41) is 6.64. The first-order valence-electron chi connectivity index (χ1n) is 7.03. The number of oxime groups is 1. The zero-order chi connectivity index (χ0) is 15.4. The Kier molecular flexibility index (Phi) is 4.14. The van der Waals surface area contributed by atoms with Crippen LogP contribution < -0.4 is 5.32 Å². The summed E-state index contributed by atoms with van der Waals surface area (Å²) >= 11 is 0. The molecule has 0 spiro atoms. The van der Waals surface area contributed by atoms with Crippen LogP contribution in [0.25, 0.3) is 0 Å². The summed E-state index contributed by atoms with van der Waals surface area (Å²) in [4.78, 5) is 17.2. The van der Waals surface area contributed by atoms with Gasteiger partial charge in [-0.15, -0.1) is 0 Å². The van der Waals surface area contributed by atoms with Crippen LogP contribution in [0.5, 0.6) is 0 Å². The van der Waals surface area contributed by atoms with Crippen LogP contribution in [0.3, 0.4) is 0 Å². The van der Waals surface area contributed by atoms with Crippen LogP contribution >= 0.6 is 0 Å². The Hall–Kier alpha value is -2.69. The molecule has 1 amide bonds. The van der Waals surface area contributed by atoms with Gasteiger partial charge in [0.25, 0.3) is 5.91 Å². The number of carbonyl (C=O) groups excluding carboxylic acids is 1. The van der Waals surface area contributed by atoms with Crippen LogP contribution in [0.15, 0.2) is 59.8 Å². The Morgan fingerprint density at radius 3 is 2.68 bits per heavy atom. The highest BCUT2D eigenvalue weighted by molar-refractivity contribution is 6.04. The second-order valence-electron chi connectivity index (χ2n) is 5.02. The molecule has 4 nitrogen and oxygen atoms in total. The van der Waals surface area contributed by atoms with E-state index in [4.69, 9.17) is 4.84 Å². The van der Waals surface area contributed by atoms with Crippen molar-refractivity contribution in [2.24, 2.45) is 5.16 Å². The van der Waals surface area contributed by atoms with Crippen molar-refractivity contribution in [1.82, 2.24) is 5.32 Å². The molecule has 1 aliphatic heterocycles. The first-order chi connectivity index (χ1) is 10.7. The Morgan fingerprint density at radius 1 is 1.18 bits per heavy atom. The fourth-order valence-electron chi connectivity index (χ4n) is 2.27. The summed E-state index contributed by atoms with van der Waals surface area (Å²) < 4.78 is 13.7. The molecule has 1 atom stereocenters. The average Bonchev–Trinajstić information content (AvgIpc) is 3.04. The highest BCUT2D eigenvalue weighted by atomic mass is 19.1. The normalized spacial score (nSPS) is 16.8. The number of nitrogens with zero attached hydrogens (tertiary/aromatic N) is 1. The molecule has 1 N–H and O–H groups in total. The lowest BCUT2D eigenvalue weighted by atomic mass is 10.0. The summed E-state index contributed by atoms with van der Waals surface area (Å²) in [6.07, 6.45) is -0.444. The van der Waals surface area contributed by atoms with Crippen molar-refractivity contribution < 1.29 is 14.0 Å². The van der Waals surface area contributed by atoms with Crippen LogP contribution in [-0.4, -0.2) is 17.7 Å². The van der Waals surface area contributed by atoms with E-state index in [1.54, 1.807) is 18.2 Å². The minimum atomic E-state index is -0.710. The molecule has 0 bridgehead atoms. The first-order valence-corrected chi connectivity index (χ1v) is 7.03. The van der Waals surface area contributed by atoms with Gasteiger partial charge in [0.15, 0.2) is 0 Å². The van der Waals surface area contributed by atoms with E-state index in [-0.39, 0.29) is 18.1 Å². The van der Waals surface area contributed by atoms with E-state index in [1.807, 2.05) is 30.3 Å². The molecule has 1 heterocycles. The lowest BCUT2D eigenvalue weighted by Crippen LogP contribution is -2.34. The Labute approximate surface area is 127 Å². The molecule has 0 radical (unpaired) electrons. The maximum absolute atomic E-state index is 13.7. The van der Waals surface area contributed by atoms with Crippen LogP contribution in [0.2, 0.25) is 0 Å². The number of halogens is 1. The zero-order valence-corrected chi connectivity index (χ0v) is 11.8. The molecule has 0 aromatic heterocycles. The van der Waals surface area contributed by atoms with Gasteiger partial charge in [0.05, 0.1) is 5.71 Å². The van der Waals surface area contributed by atoms with E-state index >= 15 is 0 Å². The number of nitrogens with one attached hydrogen (secondary N) is 1. The SMILES string of the molecule is O=C(NCc1ccccc1)[C@@H]1CC(c2ccccc2F)=NO1. The molecule has 0 aliphatic carbocycles. The lowest BCUT2D eigenvalue weighted by Gasteiger charge is -2.09. The lowest BCUT2D eigenvalue weighted by molar-refractivity contribution is -0.131. The topological polar surface area (TPSA) is 50.7 Å². The average molecular weight is 298 g/mol. The van der Waals surface area contributed by atoms with Gasteiger partial charge >= 0.3 is 0 Å². The first kappa shape index (κ1) is 14.3. The van der Waals surface area contributed by atoms with Gasteiger partial charge in [-0.1, -0.05) is 53.7 Å². The van der Waals surface area contributed by atoms with E-state index < -0.39 is 6.10 Å². The molecule has 0 unspecified atom stereocenters. The maximum atomic E-state index is 13.7. The third-order valence-electron chi connectivity index (χ3n) is 3.46. The van der Waals surface area contributed by atoms with Gasteiger partial charge in [-0.05, 0) is 11.6 Å². The Balaban J connectivity index is 1.57. The molecular formula is C17H15FN2O2. The summed E-state index contributed by atoms with van der Waals surface area (Å²) in [5.74, 6) is -0.617. The molecule has 22 heavy (non-hydrogen) atoms. The highest BCUT2D eigenvalue weighted by Gasteiger charge is 2.29. The third-order valence-corrected chi connectivity index (χ3v) is 3.46. The van der Waals surface area contributed by atoms with Gasteiger partial charge in [0.2, 0.25) is 6.10 Å². The summed E-state index contributed by atoms with van der Waals surface area (Å²) in [6, 6.07) is 15.9. The van der Waals surface area contributed by atoms with Crippen LogP contribution in [-0.2, 0) is 16.2 Å². The molecule has 2 aromatic rings. The zero-order valence-electron chi connectivity index (χ0n) is 11.8. The standard InChI is InChI=1S/C17H15FN2O2/c18-14-9-5-4-8-13(14)15-10-16(22-20-15)17(21)19-11-12-6-2-1-3-7-12/h1-9,16H,10-11H2,(H,19,21)/t16-/m0/s1. The van der Waals surface area contributed by atoms with Crippen molar-refractivity contribution in [1.29, 1.82) is 0 Å². The van der Waals surface area contributed by atoms with Gasteiger partial charge in [-0.2, -0.15) is 0 Å². The van der Waals surface area contributed by atoms with Crippen LogP contribution in [0, 0.1) is 5.82 Å². The largest absolute Gasteiger partial charge is 0.382 e. The van der Waals surface area contributed by atoms with Gasteiger partial charge in [-0.25, -0.2) is 4.39 Å². The minimum Gasteiger partial charge on any atom is -0.382 e. The number of hydrogen-bond donors (Lipinski definition) is 1. The predicted molar refractivity (Wildman–Crippen MR) is 80.7 cm³/mol. The smallest absolute Gasteiger partial charge is 0.264 e. The van der Waals surface area contributed by atoms with Crippen molar-refractivity contribution >= 4 is 11.6 Å². The van der Waals surface area contributed by atoms with E-state index in [0.717, 1.165) is 5.56 Å². The van der Waals surface area contributed by atoms with Gasteiger partial charge in [-0.3, -0.25) is 4.79 Å². The van der Waals surface area contributed by atoms with Crippen LogP contribution in [0.1, 0.15) is 17.5 Å². The quantitative estimate of drug-likeness (QED) is 0.943. The van der Waals surface area contributed by atoms with Crippen molar-refractivity contribution in [2.45, 2.75) is 19.1 Å². The van der Waals surface area contributed by atoms with Crippen LogP contribution in [0.4, 0.5) is 4.39 Å². The fraction of sp³-hybridized carbons (Fsp3) is 0.176. The second kappa shape index (κ2) is 6.39. The molecule has 0 fully saturated rings. The predicted octanol–water partition coefficient (Wildman–Crippen LogP) is 2.64. The molecular weight excluding hydrogens is 283 g/mol. The molecule has 5 heteroatoms. The molecule has 112 valence electrons. The highest BCUT2D eigenvalue weighted by Crippen LogP contribution is 2.19. The van der Waals surface area contributed by atoms with Crippen molar-refractivity contribution in [3.63, 3.8) is 0 Å². The monoisotopic (exact) mass is 298 g/mol. The van der Waals surface area contributed by atoms with Gasteiger partial charge in [0, 0.05) is 18.5 Å². The van der Waals surface area contributed by atoms with Crippen molar-refractivity contribution in [3.8, 4) is 0 Å². The molecule has 0 saturated heterocycles. The number of benzene rings is 2. The van der Waals surface area contributed by atoms with E-state index in [9.17, 15) is 9.18 Å². The maximum Gasteiger partial charge on any atom is 0.264 e. The molecule has 2 aromatic carbocycles. The summed E-state index contributed by atoms with van der Waals surface area (Å²) in [7, 11) is 0. The summed E-state index contributed by atoms with van der Waals surface area (Å²) in [6.45, 7) is 0.425. The van der Waals surface area contributed by atoms with E-state index in [0.29, 0.717) is 17.8 Å². The summed E-state index contributed by atoms with van der Waals surface area (Å²) in [5.41, 5.74) is 1.84. The van der Waals surface area contributed by atoms with Crippen molar-refractivity contribution in [2.75, 3.05) is 0 Å². The minimum absolute atomic E-state index is 0.251. The Morgan fingerprint density at radius 2 is 1.91 bits per heavy atom. The van der Waals surface area contributed by atoms with Gasteiger partial charge < -0.3 is 10.2 Å². The molecule has 1 aliphatic rings. The van der Waals surface area contributed by atoms with Gasteiger partial charge in [0.1, 0.15) is 5.82 Å². The van der Waals surface area contributed by atoms with E-state index in [1.165, 1.54) is 6.07 Å². The second-order valence-corrected chi connectivity index (χ2v) is 5.02. The fourth-order valence-corrected chi connectivity index (χ4v) is 2.27. The van der Waals surface area contributed by atoms with Crippen molar-refractivity contribution in [3.05, 3.63) is 71.5 Å². The Bertz CT molecular complexity index is 701.